The largest absolute Gasteiger partial charge is 0.309 e. The fourth-order valence-electron chi connectivity index (χ4n) is 2.07. The van der Waals surface area contributed by atoms with Gasteiger partial charge in [-0.2, -0.15) is 11.8 Å². The van der Waals surface area contributed by atoms with Crippen LogP contribution in [0.4, 0.5) is 0 Å². The maximum Gasteiger partial charge on any atom is 0.258 e. The summed E-state index contributed by atoms with van der Waals surface area (Å²) in [7, 11) is 0. The Bertz CT molecular complexity index is 619. The lowest BCUT2D eigenvalue weighted by molar-refractivity contribution is 0.778. The molecule has 1 unspecified atom stereocenters. The second-order valence-electron chi connectivity index (χ2n) is 4.11. The maximum atomic E-state index is 12.0. The Labute approximate surface area is 111 Å². The van der Waals surface area contributed by atoms with E-state index < -0.39 is 0 Å². The molecule has 5 heteroatoms. The van der Waals surface area contributed by atoms with Crippen LogP contribution in [0.5, 0.6) is 0 Å². The molecule has 3 rings (SSSR count). The molecule has 1 fully saturated rings. The minimum atomic E-state index is -0.0428. The van der Waals surface area contributed by atoms with Crippen LogP contribution in [-0.4, -0.2) is 15.7 Å². The van der Waals surface area contributed by atoms with Crippen molar-refractivity contribution in [2.75, 3.05) is 5.75 Å². The van der Waals surface area contributed by atoms with Gasteiger partial charge in [0.25, 0.3) is 5.56 Å². The summed E-state index contributed by atoms with van der Waals surface area (Å²) in [5, 5.41) is 1.00. The lowest BCUT2D eigenvalue weighted by Gasteiger charge is -2.08. The summed E-state index contributed by atoms with van der Waals surface area (Å²) in [5.41, 5.74) is 0.734. The highest BCUT2D eigenvalue weighted by molar-refractivity contribution is 9.10. The third kappa shape index (κ3) is 2.13. The van der Waals surface area contributed by atoms with Crippen molar-refractivity contribution in [2.24, 2.45) is 0 Å². The fourth-order valence-corrected chi connectivity index (χ4v) is 3.66. The SMILES string of the molecule is O=c1[nH]c(C2CCCS2)nc2ccc(Br)cc12. The molecular formula is C12H11BrN2OS. The Morgan fingerprint density at radius 1 is 1.47 bits per heavy atom. The number of aromatic amines is 1. The highest BCUT2D eigenvalue weighted by atomic mass is 79.9. The first-order valence-corrected chi connectivity index (χ1v) is 7.39. The summed E-state index contributed by atoms with van der Waals surface area (Å²) in [4.78, 5) is 19.5. The number of nitrogens with zero attached hydrogens (tertiary/aromatic N) is 1. The van der Waals surface area contributed by atoms with E-state index >= 15 is 0 Å². The van der Waals surface area contributed by atoms with Gasteiger partial charge in [0.2, 0.25) is 0 Å². The first-order valence-electron chi connectivity index (χ1n) is 5.55. The van der Waals surface area contributed by atoms with E-state index in [1.165, 1.54) is 6.42 Å². The number of nitrogens with one attached hydrogen (secondary N) is 1. The first kappa shape index (κ1) is 11.3. The molecule has 1 aliphatic heterocycles. The molecule has 0 amide bonds. The van der Waals surface area contributed by atoms with Gasteiger partial charge in [-0.1, -0.05) is 15.9 Å². The van der Waals surface area contributed by atoms with Crippen molar-refractivity contribution in [2.45, 2.75) is 18.1 Å². The Kier molecular flexibility index (Phi) is 2.96. The highest BCUT2D eigenvalue weighted by Gasteiger charge is 2.20. The Balaban J connectivity index is 2.17. The molecule has 0 spiro atoms. The van der Waals surface area contributed by atoms with E-state index in [-0.39, 0.29) is 5.56 Å². The van der Waals surface area contributed by atoms with Crippen molar-refractivity contribution in [3.63, 3.8) is 0 Å². The summed E-state index contributed by atoms with van der Waals surface area (Å²) in [6.07, 6.45) is 2.31. The molecule has 1 aromatic carbocycles. The van der Waals surface area contributed by atoms with Crippen molar-refractivity contribution >= 4 is 38.6 Å². The summed E-state index contributed by atoms with van der Waals surface area (Å²) in [6, 6.07) is 5.62. The molecule has 0 aliphatic carbocycles. The van der Waals surface area contributed by atoms with Crippen molar-refractivity contribution in [1.82, 2.24) is 9.97 Å². The van der Waals surface area contributed by atoms with Gasteiger partial charge in [-0.05, 0) is 36.8 Å². The molecule has 1 aromatic heterocycles. The molecular weight excluding hydrogens is 300 g/mol. The van der Waals surface area contributed by atoms with Crippen molar-refractivity contribution in [3.8, 4) is 0 Å². The number of hydrogen-bond acceptors (Lipinski definition) is 3. The maximum absolute atomic E-state index is 12.0. The van der Waals surface area contributed by atoms with Crippen LogP contribution in [0.1, 0.15) is 23.9 Å². The number of H-pyrrole nitrogens is 1. The van der Waals surface area contributed by atoms with Crippen LogP contribution in [0.15, 0.2) is 27.5 Å². The average Bonchev–Trinajstić information content (AvgIpc) is 2.83. The van der Waals surface area contributed by atoms with Gasteiger partial charge in [-0.25, -0.2) is 4.98 Å². The summed E-state index contributed by atoms with van der Waals surface area (Å²) in [5.74, 6) is 1.99. The highest BCUT2D eigenvalue weighted by Crippen LogP contribution is 2.37. The molecule has 2 aromatic rings. The predicted molar refractivity (Wildman–Crippen MR) is 74.5 cm³/mol. The van der Waals surface area contributed by atoms with Gasteiger partial charge >= 0.3 is 0 Å². The van der Waals surface area contributed by atoms with Crippen molar-refractivity contribution < 1.29 is 0 Å². The van der Waals surface area contributed by atoms with Gasteiger partial charge in [-0.15, -0.1) is 0 Å². The number of rotatable bonds is 1. The molecule has 1 saturated heterocycles. The van der Waals surface area contributed by atoms with E-state index in [1.807, 2.05) is 30.0 Å². The van der Waals surface area contributed by atoms with E-state index in [4.69, 9.17) is 0 Å². The number of thioether (sulfide) groups is 1. The predicted octanol–water partition coefficient (Wildman–Crippen LogP) is 3.25. The van der Waals surface area contributed by atoms with E-state index in [0.717, 1.165) is 28.0 Å². The third-order valence-corrected chi connectivity index (χ3v) is 4.80. The minimum Gasteiger partial charge on any atom is -0.309 e. The van der Waals surface area contributed by atoms with Crippen LogP contribution >= 0.6 is 27.7 Å². The molecule has 3 nitrogen and oxygen atoms in total. The average molecular weight is 311 g/mol. The van der Waals surface area contributed by atoms with Gasteiger partial charge < -0.3 is 4.98 Å². The summed E-state index contributed by atoms with van der Waals surface area (Å²) < 4.78 is 0.903. The number of hydrogen-bond donors (Lipinski definition) is 1. The molecule has 0 bridgehead atoms. The molecule has 17 heavy (non-hydrogen) atoms. The second kappa shape index (κ2) is 4.46. The Morgan fingerprint density at radius 3 is 3.12 bits per heavy atom. The van der Waals surface area contributed by atoms with Crippen LogP contribution in [0, 0.1) is 0 Å². The van der Waals surface area contributed by atoms with Crippen LogP contribution in [0.25, 0.3) is 10.9 Å². The van der Waals surface area contributed by atoms with Crippen molar-refractivity contribution in [3.05, 3.63) is 38.9 Å². The summed E-state index contributed by atoms with van der Waals surface area (Å²) >= 11 is 5.24. The van der Waals surface area contributed by atoms with Crippen LogP contribution < -0.4 is 5.56 Å². The minimum absolute atomic E-state index is 0.0428. The zero-order valence-electron chi connectivity index (χ0n) is 9.07. The zero-order chi connectivity index (χ0) is 11.8. The van der Waals surface area contributed by atoms with Crippen LogP contribution in [0.2, 0.25) is 0 Å². The number of benzene rings is 1. The molecule has 1 aliphatic rings. The van der Waals surface area contributed by atoms with Crippen molar-refractivity contribution in [1.29, 1.82) is 0 Å². The fraction of sp³-hybridized carbons (Fsp3) is 0.333. The van der Waals surface area contributed by atoms with E-state index in [9.17, 15) is 4.79 Å². The topological polar surface area (TPSA) is 45.8 Å². The number of aromatic nitrogens is 2. The van der Waals surface area contributed by atoms with E-state index in [1.54, 1.807) is 0 Å². The van der Waals surface area contributed by atoms with Crippen LogP contribution in [0.3, 0.4) is 0 Å². The normalized spacial score (nSPS) is 19.9. The third-order valence-electron chi connectivity index (χ3n) is 2.92. The smallest absolute Gasteiger partial charge is 0.258 e. The summed E-state index contributed by atoms with van der Waals surface area (Å²) in [6.45, 7) is 0. The van der Waals surface area contributed by atoms with Gasteiger partial charge in [0.05, 0.1) is 16.2 Å². The zero-order valence-corrected chi connectivity index (χ0v) is 11.5. The molecule has 1 N–H and O–H groups in total. The number of fused-ring (bicyclic) bond motifs is 1. The number of halogens is 1. The Hall–Kier alpha value is -0.810. The van der Waals surface area contributed by atoms with E-state index in [0.29, 0.717) is 10.6 Å². The molecule has 0 radical (unpaired) electrons. The lowest BCUT2D eigenvalue weighted by atomic mass is 10.2. The van der Waals surface area contributed by atoms with Crippen LogP contribution in [-0.2, 0) is 0 Å². The van der Waals surface area contributed by atoms with Gasteiger partial charge in [0.15, 0.2) is 0 Å². The molecule has 1 atom stereocenters. The van der Waals surface area contributed by atoms with Gasteiger partial charge in [0.1, 0.15) is 5.82 Å². The van der Waals surface area contributed by atoms with Gasteiger partial charge in [-0.3, -0.25) is 4.79 Å². The molecule has 88 valence electrons. The molecule has 0 saturated carbocycles. The lowest BCUT2D eigenvalue weighted by Crippen LogP contribution is -2.12. The van der Waals surface area contributed by atoms with Gasteiger partial charge in [0, 0.05) is 4.47 Å². The molecule has 2 heterocycles. The monoisotopic (exact) mass is 310 g/mol. The van der Waals surface area contributed by atoms with E-state index in [2.05, 4.69) is 25.9 Å². The second-order valence-corrected chi connectivity index (χ2v) is 6.34. The quantitative estimate of drug-likeness (QED) is 0.879. The Morgan fingerprint density at radius 2 is 2.35 bits per heavy atom. The first-order chi connectivity index (χ1) is 8.24. The standard InChI is InChI=1S/C12H11BrN2OS/c13-7-3-4-9-8(6-7)12(16)15-11(14-9)10-2-1-5-17-10/h3-4,6,10H,1-2,5H2,(H,14,15,16).